The summed E-state index contributed by atoms with van der Waals surface area (Å²) in [6, 6.07) is 4.00. The number of amides is 1. The van der Waals surface area contributed by atoms with E-state index < -0.39 is 17.4 Å². The smallest absolute Gasteiger partial charge is 0.312 e. The summed E-state index contributed by atoms with van der Waals surface area (Å²) >= 11 is 1.63. The Labute approximate surface area is 145 Å². The maximum atomic E-state index is 13.0. The fraction of sp³-hybridized carbons (Fsp3) is 0.556. The van der Waals surface area contributed by atoms with Crippen LogP contribution in [-0.4, -0.2) is 41.6 Å². The number of fused-ring (bicyclic) bond motifs is 1. The predicted octanol–water partition coefficient (Wildman–Crippen LogP) is 2.37. The zero-order valence-corrected chi connectivity index (χ0v) is 14.5. The van der Waals surface area contributed by atoms with E-state index in [4.69, 9.17) is 9.47 Å². The summed E-state index contributed by atoms with van der Waals surface area (Å²) < 4.78 is 11.5. The molecule has 4 atom stereocenters. The second kappa shape index (κ2) is 6.01. The second-order valence-corrected chi connectivity index (χ2v) is 7.73. The Balaban J connectivity index is 1.52. The van der Waals surface area contributed by atoms with Crippen molar-refractivity contribution in [1.29, 1.82) is 0 Å². The van der Waals surface area contributed by atoms with Crippen molar-refractivity contribution >= 4 is 23.2 Å². The highest BCUT2D eigenvalue weighted by molar-refractivity contribution is 7.09. The normalized spacial score (nSPS) is 33.3. The van der Waals surface area contributed by atoms with E-state index >= 15 is 0 Å². The molecular formula is C18H21NO4S. The zero-order valence-electron chi connectivity index (χ0n) is 13.6. The molecule has 4 rings (SSSR count). The number of ether oxygens (including phenoxy) is 2. The summed E-state index contributed by atoms with van der Waals surface area (Å²) in [5.74, 6) is -1.24. The molecule has 1 aromatic rings. The van der Waals surface area contributed by atoms with E-state index in [0.717, 1.165) is 17.7 Å². The molecule has 0 aromatic carbocycles. The van der Waals surface area contributed by atoms with E-state index in [9.17, 15) is 9.59 Å². The number of thiophene rings is 1. The highest BCUT2D eigenvalue weighted by Crippen LogP contribution is 2.52. The molecule has 1 spiro atoms. The van der Waals surface area contributed by atoms with Gasteiger partial charge in [-0.05, 0) is 17.9 Å². The fourth-order valence-corrected chi connectivity index (χ4v) is 4.70. The lowest BCUT2D eigenvalue weighted by Crippen LogP contribution is -2.40. The van der Waals surface area contributed by atoms with Gasteiger partial charge in [-0.1, -0.05) is 31.6 Å². The topological polar surface area (TPSA) is 55.8 Å². The number of hydrogen-bond donors (Lipinski definition) is 0. The largest absolute Gasteiger partial charge is 0.465 e. The molecule has 128 valence electrons. The van der Waals surface area contributed by atoms with Crippen molar-refractivity contribution in [2.24, 2.45) is 11.8 Å². The molecule has 4 heterocycles. The Morgan fingerprint density at radius 1 is 1.54 bits per heavy atom. The minimum Gasteiger partial charge on any atom is -0.465 e. The molecule has 0 aliphatic carbocycles. The molecule has 5 nitrogen and oxygen atoms in total. The van der Waals surface area contributed by atoms with Crippen LogP contribution in [0.3, 0.4) is 0 Å². The van der Waals surface area contributed by atoms with Crippen LogP contribution in [0.25, 0.3) is 0 Å². The van der Waals surface area contributed by atoms with Gasteiger partial charge >= 0.3 is 5.97 Å². The van der Waals surface area contributed by atoms with E-state index in [1.807, 2.05) is 34.6 Å². The van der Waals surface area contributed by atoms with E-state index in [1.54, 1.807) is 11.3 Å². The summed E-state index contributed by atoms with van der Waals surface area (Å²) in [6.45, 7) is 3.55. The molecule has 1 aromatic heterocycles. The Hall–Kier alpha value is -1.66. The van der Waals surface area contributed by atoms with Gasteiger partial charge < -0.3 is 14.4 Å². The summed E-state index contributed by atoms with van der Waals surface area (Å²) in [4.78, 5) is 28.4. The third kappa shape index (κ3) is 2.40. The highest BCUT2D eigenvalue weighted by atomic mass is 32.1. The Bertz CT molecular complexity index is 671. The quantitative estimate of drug-likeness (QED) is 0.450. The lowest BCUT2D eigenvalue weighted by atomic mass is 9.77. The predicted molar refractivity (Wildman–Crippen MR) is 89.3 cm³/mol. The molecule has 3 aliphatic rings. The summed E-state index contributed by atoms with van der Waals surface area (Å²) in [5.41, 5.74) is -0.645. The third-order valence-electron chi connectivity index (χ3n) is 5.12. The molecule has 6 heteroatoms. The van der Waals surface area contributed by atoms with Crippen LogP contribution in [0.2, 0.25) is 0 Å². The van der Waals surface area contributed by atoms with E-state index in [2.05, 4.69) is 6.92 Å². The number of carbonyl (C=O) groups excluding carboxylic acids is 2. The van der Waals surface area contributed by atoms with Crippen molar-refractivity contribution in [2.45, 2.75) is 38.0 Å². The molecule has 0 N–H and O–H groups in total. The van der Waals surface area contributed by atoms with Crippen molar-refractivity contribution in [3.05, 3.63) is 34.5 Å². The molecule has 0 unspecified atom stereocenters. The number of hydrogen-bond acceptors (Lipinski definition) is 5. The molecule has 24 heavy (non-hydrogen) atoms. The molecule has 0 radical (unpaired) electrons. The monoisotopic (exact) mass is 347 g/mol. The first kappa shape index (κ1) is 15.8. The first-order valence-electron chi connectivity index (χ1n) is 8.49. The number of rotatable bonds is 6. The van der Waals surface area contributed by atoms with Crippen LogP contribution in [0.1, 0.15) is 24.6 Å². The molecule has 3 aliphatic heterocycles. The van der Waals surface area contributed by atoms with Gasteiger partial charge in [0.15, 0.2) is 0 Å². The number of nitrogens with zero attached hydrogens (tertiary/aromatic N) is 1. The number of likely N-dealkylation sites (tertiary alicyclic amines) is 1. The van der Waals surface area contributed by atoms with Crippen molar-refractivity contribution in [2.75, 3.05) is 13.2 Å². The van der Waals surface area contributed by atoms with Gasteiger partial charge in [0, 0.05) is 4.88 Å². The fourth-order valence-electron chi connectivity index (χ4n) is 3.99. The molecule has 2 bridgehead atoms. The van der Waals surface area contributed by atoms with Gasteiger partial charge in [-0.25, -0.2) is 0 Å². The van der Waals surface area contributed by atoms with Gasteiger partial charge in [0.25, 0.3) is 0 Å². The van der Waals surface area contributed by atoms with Gasteiger partial charge in [0.1, 0.15) is 11.5 Å². The van der Waals surface area contributed by atoms with Crippen LogP contribution in [0.5, 0.6) is 0 Å². The summed E-state index contributed by atoms with van der Waals surface area (Å²) in [6.07, 6.45) is 5.39. The van der Waals surface area contributed by atoms with Gasteiger partial charge in [-0.2, -0.15) is 0 Å². The second-order valence-electron chi connectivity index (χ2n) is 6.69. The van der Waals surface area contributed by atoms with Crippen LogP contribution in [0.4, 0.5) is 0 Å². The standard InChI is InChI=1S/C18H21NO4S/c1-2-3-8-22-17(21)14-13-6-7-18(23-13)11-19(16(20)15(14)18)10-12-5-4-9-24-12/h4-7,9,13-15H,2-3,8,10-11H2,1H3/t13-,14-,15-,18+/m0/s1. The summed E-state index contributed by atoms with van der Waals surface area (Å²) in [7, 11) is 0. The minimum absolute atomic E-state index is 0.00712. The van der Waals surface area contributed by atoms with Crippen molar-refractivity contribution in [1.82, 2.24) is 4.90 Å². The van der Waals surface area contributed by atoms with Gasteiger partial charge in [0.05, 0.1) is 31.7 Å². The summed E-state index contributed by atoms with van der Waals surface area (Å²) in [5, 5.41) is 2.00. The number of esters is 1. The minimum atomic E-state index is -0.645. The SMILES string of the molecule is CCCCOC(=O)[C@H]1[C@@H]2C=C[C@]3(CN(Cc4cccs4)C(=O)[C@H]13)O2. The molecule has 2 fully saturated rings. The lowest BCUT2D eigenvalue weighted by molar-refractivity contribution is -0.154. The Morgan fingerprint density at radius 2 is 2.42 bits per heavy atom. The average molecular weight is 347 g/mol. The Morgan fingerprint density at radius 3 is 3.17 bits per heavy atom. The molecule has 2 saturated heterocycles. The van der Waals surface area contributed by atoms with Crippen LogP contribution in [0, 0.1) is 11.8 Å². The molecule has 0 saturated carbocycles. The van der Waals surface area contributed by atoms with Crippen molar-refractivity contribution < 1.29 is 19.1 Å². The van der Waals surface area contributed by atoms with Gasteiger partial charge in [0.2, 0.25) is 5.91 Å². The van der Waals surface area contributed by atoms with Crippen LogP contribution < -0.4 is 0 Å². The number of carbonyl (C=O) groups is 2. The maximum absolute atomic E-state index is 13.0. The first-order chi connectivity index (χ1) is 11.6. The van der Waals surface area contributed by atoms with Crippen LogP contribution in [0.15, 0.2) is 29.7 Å². The van der Waals surface area contributed by atoms with Crippen molar-refractivity contribution in [3.63, 3.8) is 0 Å². The molecular weight excluding hydrogens is 326 g/mol. The van der Waals surface area contributed by atoms with Crippen molar-refractivity contribution in [3.8, 4) is 0 Å². The van der Waals surface area contributed by atoms with E-state index in [0.29, 0.717) is 19.7 Å². The number of unbranched alkanes of at least 4 members (excludes halogenated alkanes) is 1. The van der Waals surface area contributed by atoms with Crippen LogP contribution >= 0.6 is 11.3 Å². The Kier molecular flexibility index (Phi) is 3.96. The van der Waals surface area contributed by atoms with Gasteiger partial charge in [-0.15, -0.1) is 11.3 Å². The van der Waals surface area contributed by atoms with Crippen LogP contribution in [-0.2, 0) is 25.6 Å². The van der Waals surface area contributed by atoms with E-state index in [-0.39, 0.29) is 18.0 Å². The highest BCUT2D eigenvalue weighted by Gasteiger charge is 2.67. The maximum Gasteiger partial charge on any atom is 0.312 e. The average Bonchev–Trinajstić information content (AvgIpc) is 3.31. The lowest BCUT2D eigenvalue weighted by Gasteiger charge is -2.22. The van der Waals surface area contributed by atoms with Gasteiger partial charge in [-0.3, -0.25) is 9.59 Å². The third-order valence-corrected chi connectivity index (χ3v) is 5.98. The van der Waals surface area contributed by atoms with E-state index in [1.165, 1.54) is 0 Å². The first-order valence-corrected chi connectivity index (χ1v) is 9.37. The molecule has 1 amide bonds. The zero-order chi connectivity index (χ0) is 16.7.